The number of nitrogens with zero attached hydrogens (tertiary/aromatic N) is 2. The van der Waals surface area contributed by atoms with E-state index in [1.165, 1.54) is 76.8 Å². The number of hydrogen-bond donors (Lipinski definition) is 0. The van der Waals surface area contributed by atoms with Crippen LogP contribution in [-0.4, -0.2) is 9.97 Å². The van der Waals surface area contributed by atoms with Gasteiger partial charge in [-0.15, -0.1) is 0 Å². The Morgan fingerprint density at radius 2 is 0.895 bits per heavy atom. The zero-order valence-electron chi connectivity index (χ0n) is 31.9. The minimum atomic E-state index is -0.166. The molecule has 0 N–H and O–H groups in total. The molecule has 0 unspecified atom stereocenters. The van der Waals surface area contributed by atoms with Crippen LogP contribution in [-0.2, 0) is 5.41 Å². The molecular weight excluding hydrogens is 689 g/mol. The fourth-order valence-electron chi connectivity index (χ4n) is 9.20. The molecule has 11 rings (SSSR count). The molecule has 2 nitrogen and oxygen atoms in total. The maximum absolute atomic E-state index is 5.27. The number of rotatable bonds is 5. The summed E-state index contributed by atoms with van der Waals surface area (Å²) in [5, 5.41) is 7.43. The van der Waals surface area contributed by atoms with E-state index in [1.54, 1.807) is 0 Å². The van der Waals surface area contributed by atoms with E-state index in [0.717, 1.165) is 28.1 Å². The molecule has 0 aliphatic heterocycles. The third-order valence-corrected chi connectivity index (χ3v) is 12.1. The Bertz CT molecular complexity index is 3190. The van der Waals surface area contributed by atoms with Crippen LogP contribution < -0.4 is 0 Å². The molecule has 0 saturated heterocycles. The van der Waals surface area contributed by atoms with Gasteiger partial charge in [-0.3, -0.25) is 0 Å². The second-order valence-electron chi connectivity index (χ2n) is 15.8. The minimum absolute atomic E-state index is 0.166. The standard InChI is InChI=1S/C55H38N2/c1-55(2)50-33-41-18-9-8-17-40(41)32-49(50)48-22-12-21-47(53(48)55)45-29-30-46(44-20-11-10-19-43(44)45)52-34-51(56-54(57-52)38-14-4-3-5-15-38)37-26-23-36(24-27-37)42-28-25-35-13-6-7-16-39(35)31-42/h3-34H,1-2H3. The van der Waals surface area contributed by atoms with E-state index in [0.29, 0.717) is 5.82 Å². The fourth-order valence-corrected chi connectivity index (χ4v) is 9.20. The summed E-state index contributed by atoms with van der Waals surface area (Å²) in [7, 11) is 0. The van der Waals surface area contributed by atoms with Gasteiger partial charge in [0.1, 0.15) is 0 Å². The van der Waals surface area contributed by atoms with Crippen molar-refractivity contribution in [1.82, 2.24) is 9.97 Å². The summed E-state index contributed by atoms with van der Waals surface area (Å²) in [5.74, 6) is 0.711. The normalized spacial score (nSPS) is 12.9. The summed E-state index contributed by atoms with van der Waals surface area (Å²) in [6, 6.07) is 70.2. The number of hydrogen-bond acceptors (Lipinski definition) is 2. The van der Waals surface area contributed by atoms with Crippen molar-refractivity contribution in [2.75, 3.05) is 0 Å². The van der Waals surface area contributed by atoms with Gasteiger partial charge < -0.3 is 0 Å². The monoisotopic (exact) mass is 726 g/mol. The van der Waals surface area contributed by atoms with Crippen molar-refractivity contribution in [3.8, 4) is 67.3 Å². The van der Waals surface area contributed by atoms with E-state index in [4.69, 9.17) is 9.97 Å². The molecule has 0 radical (unpaired) electrons. The van der Waals surface area contributed by atoms with Crippen molar-refractivity contribution in [3.05, 3.63) is 205 Å². The van der Waals surface area contributed by atoms with Gasteiger partial charge in [0, 0.05) is 22.1 Å². The second-order valence-corrected chi connectivity index (χ2v) is 15.8. The average molecular weight is 727 g/mol. The first-order valence-corrected chi connectivity index (χ1v) is 19.7. The van der Waals surface area contributed by atoms with E-state index in [-0.39, 0.29) is 5.41 Å². The molecule has 268 valence electrons. The van der Waals surface area contributed by atoms with Gasteiger partial charge in [-0.25, -0.2) is 9.97 Å². The van der Waals surface area contributed by atoms with Crippen LogP contribution in [0.25, 0.3) is 99.6 Å². The Hall–Kier alpha value is -7.16. The summed E-state index contributed by atoms with van der Waals surface area (Å²) in [6.45, 7) is 4.77. The lowest BCUT2D eigenvalue weighted by Gasteiger charge is -2.25. The molecule has 0 atom stereocenters. The lowest BCUT2D eigenvalue weighted by Crippen LogP contribution is -2.16. The topological polar surface area (TPSA) is 25.8 Å². The highest BCUT2D eigenvalue weighted by molar-refractivity contribution is 6.07. The molecule has 9 aromatic carbocycles. The van der Waals surface area contributed by atoms with Crippen LogP contribution in [0.4, 0.5) is 0 Å². The van der Waals surface area contributed by atoms with Crippen molar-refractivity contribution in [1.29, 1.82) is 0 Å². The Morgan fingerprint density at radius 3 is 1.65 bits per heavy atom. The Morgan fingerprint density at radius 1 is 0.333 bits per heavy atom. The lowest BCUT2D eigenvalue weighted by atomic mass is 9.78. The highest BCUT2D eigenvalue weighted by atomic mass is 14.9. The van der Waals surface area contributed by atoms with Gasteiger partial charge >= 0.3 is 0 Å². The third-order valence-electron chi connectivity index (χ3n) is 12.1. The Labute approximate surface area is 332 Å². The molecule has 0 bridgehead atoms. The van der Waals surface area contributed by atoms with Crippen LogP contribution in [0.3, 0.4) is 0 Å². The van der Waals surface area contributed by atoms with Crippen molar-refractivity contribution in [2.24, 2.45) is 0 Å². The van der Waals surface area contributed by atoms with Crippen LogP contribution in [0, 0.1) is 0 Å². The predicted octanol–water partition coefficient (Wildman–Crippen LogP) is 14.6. The predicted molar refractivity (Wildman–Crippen MR) is 239 cm³/mol. The minimum Gasteiger partial charge on any atom is -0.228 e. The Balaban J connectivity index is 1.04. The largest absolute Gasteiger partial charge is 0.228 e. The molecule has 0 spiro atoms. The van der Waals surface area contributed by atoms with Gasteiger partial charge in [-0.1, -0.05) is 184 Å². The fraction of sp³-hybridized carbons (Fsp3) is 0.0545. The lowest BCUT2D eigenvalue weighted by molar-refractivity contribution is 0.663. The summed E-state index contributed by atoms with van der Waals surface area (Å²) < 4.78 is 0. The van der Waals surface area contributed by atoms with Crippen LogP contribution in [0.15, 0.2) is 194 Å². The van der Waals surface area contributed by atoms with Gasteiger partial charge in [0.05, 0.1) is 11.4 Å². The third kappa shape index (κ3) is 5.48. The molecule has 1 heterocycles. The van der Waals surface area contributed by atoms with Crippen LogP contribution in [0.1, 0.15) is 25.0 Å². The SMILES string of the molecule is CC1(C)c2cc3ccccc3cc2-c2cccc(-c3ccc(-c4cc(-c5ccc(-c6ccc7ccccc7c6)cc5)nc(-c5ccccc5)n4)c4ccccc34)c21. The quantitative estimate of drug-likeness (QED) is 0.176. The summed E-state index contributed by atoms with van der Waals surface area (Å²) >= 11 is 0. The molecular formula is C55H38N2. The highest BCUT2D eigenvalue weighted by Gasteiger charge is 2.38. The van der Waals surface area contributed by atoms with Crippen LogP contribution in [0.5, 0.6) is 0 Å². The van der Waals surface area contributed by atoms with E-state index in [1.807, 2.05) is 18.2 Å². The van der Waals surface area contributed by atoms with Crippen molar-refractivity contribution in [2.45, 2.75) is 19.3 Å². The molecule has 0 fully saturated rings. The maximum atomic E-state index is 5.27. The maximum Gasteiger partial charge on any atom is 0.160 e. The molecule has 0 amide bonds. The van der Waals surface area contributed by atoms with Gasteiger partial charge in [0.15, 0.2) is 5.82 Å². The molecule has 1 aromatic heterocycles. The second kappa shape index (κ2) is 13.0. The van der Waals surface area contributed by atoms with E-state index in [9.17, 15) is 0 Å². The van der Waals surface area contributed by atoms with Gasteiger partial charge in [-0.2, -0.15) is 0 Å². The number of aromatic nitrogens is 2. The van der Waals surface area contributed by atoms with E-state index >= 15 is 0 Å². The number of benzene rings is 9. The van der Waals surface area contributed by atoms with Crippen molar-refractivity contribution in [3.63, 3.8) is 0 Å². The Kier molecular flexibility index (Phi) is 7.55. The molecule has 1 aliphatic rings. The van der Waals surface area contributed by atoms with Crippen molar-refractivity contribution < 1.29 is 0 Å². The van der Waals surface area contributed by atoms with E-state index in [2.05, 4.69) is 190 Å². The van der Waals surface area contributed by atoms with Crippen LogP contribution in [0.2, 0.25) is 0 Å². The molecule has 57 heavy (non-hydrogen) atoms. The summed E-state index contributed by atoms with van der Waals surface area (Å²) in [5.41, 5.74) is 15.1. The van der Waals surface area contributed by atoms with Crippen LogP contribution >= 0.6 is 0 Å². The smallest absolute Gasteiger partial charge is 0.160 e. The zero-order chi connectivity index (χ0) is 38.1. The van der Waals surface area contributed by atoms with E-state index < -0.39 is 0 Å². The molecule has 1 aliphatic carbocycles. The molecule has 2 heteroatoms. The van der Waals surface area contributed by atoms with Gasteiger partial charge in [0.2, 0.25) is 0 Å². The average Bonchev–Trinajstić information content (AvgIpc) is 3.50. The van der Waals surface area contributed by atoms with Gasteiger partial charge in [-0.05, 0) is 101 Å². The highest BCUT2D eigenvalue weighted by Crippen LogP contribution is 2.54. The summed E-state index contributed by atoms with van der Waals surface area (Å²) in [6.07, 6.45) is 0. The van der Waals surface area contributed by atoms with Crippen molar-refractivity contribution >= 4 is 32.3 Å². The first kappa shape index (κ1) is 33.2. The molecule has 10 aromatic rings. The zero-order valence-corrected chi connectivity index (χ0v) is 31.9. The number of fused-ring (bicyclic) bond motifs is 6. The summed E-state index contributed by atoms with van der Waals surface area (Å²) in [4.78, 5) is 10.4. The first-order valence-electron chi connectivity index (χ1n) is 19.7. The first-order chi connectivity index (χ1) is 28.0. The van der Waals surface area contributed by atoms with Gasteiger partial charge in [0.25, 0.3) is 0 Å². The molecule has 0 saturated carbocycles.